The first kappa shape index (κ1) is 15.6. The van der Waals surface area contributed by atoms with Crippen LogP contribution in [0, 0.1) is 13.8 Å². The van der Waals surface area contributed by atoms with E-state index in [-0.39, 0.29) is 11.6 Å². The van der Waals surface area contributed by atoms with Crippen LogP contribution in [0.2, 0.25) is 0 Å². The number of aryl methyl sites for hydroxylation is 2. The van der Waals surface area contributed by atoms with Gasteiger partial charge in [0.2, 0.25) is 0 Å². The molecular formula is C16H17N3O3. The largest absolute Gasteiger partial charge is 0.462 e. The maximum Gasteiger partial charge on any atom is 0.339 e. The van der Waals surface area contributed by atoms with Gasteiger partial charge in [0, 0.05) is 6.20 Å². The van der Waals surface area contributed by atoms with Crippen LogP contribution in [0.3, 0.4) is 0 Å². The van der Waals surface area contributed by atoms with Gasteiger partial charge >= 0.3 is 5.97 Å². The van der Waals surface area contributed by atoms with E-state index in [1.165, 1.54) is 6.07 Å². The fourth-order valence-electron chi connectivity index (χ4n) is 1.90. The summed E-state index contributed by atoms with van der Waals surface area (Å²) in [5.41, 5.74) is 2.01. The summed E-state index contributed by atoms with van der Waals surface area (Å²) in [6, 6.07) is 6.63. The molecule has 22 heavy (non-hydrogen) atoms. The second-order valence-corrected chi connectivity index (χ2v) is 4.72. The fraction of sp³-hybridized carbons (Fsp3) is 0.250. The molecule has 0 bridgehead atoms. The van der Waals surface area contributed by atoms with Crippen molar-refractivity contribution in [3.05, 3.63) is 53.0 Å². The summed E-state index contributed by atoms with van der Waals surface area (Å²) >= 11 is 0. The molecule has 0 saturated heterocycles. The smallest absolute Gasteiger partial charge is 0.339 e. The predicted molar refractivity (Wildman–Crippen MR) is 81.9 cm³/mol. The highest BCUT2D eigenvalue weighted by atomic mass is 16.5. The SMILES string of the molecule is CCOC(=O)c1ccc(C(=O)Nc2cc(C)ccn2)nc1C. The minimum atomic E-state index is -0.445. The van der Waals surface area contributed by atoms with E-state index in [4.69, 9.17) is 4.74 Å². The summed E-state index contributed by atoms with van der Waals surface area (Å²) in [6.45, 7) is 5.60. The molecule has 0 saturated carbocycles. The van der Waals surface area contributed by atoms with Crippen molar-refractivity contribution in [2.24, 2.45) is 0 Å². The van der Waals surface area contributed by atoms with Crippen molar-refractivity contribution < 1.29 is 14.3 Å². The summed E-state index contributed by atoms with van der Waals surface area (Å²) in [4.78, 5) is 32.1. The van der Waals surface area contributed by atoms with Gasteiger partial charge < -0.3 is 10.1 Å². The van der Waals surface area contributed by atoms with E-state index in [9.17, 15) is 9.59 Å². The van der Waals surface area contributed by atoms with Crippen molar-refractivity contribution in [2.75, 3.05) is 11.9 Å². The van der Waals surface area contributed by atoms with Gasteiger partial charge in [-0.2, -0.15) is 0 Å². The Morgan fingerprint density at radius 1 is 1.23 bits per heavy atom. The van der Waals surface area contributed by atoms with E-state index in [1.54, 1.807) is 32.2 Å². The molecule has 0 aliphatic heterocycles. The first-order chi connectivity index (χ1) is 10.5. The number of carbonyl (C=O) groups excluding carboxylic acids is 2. The monoisotopic (exact) mass is 299 g/mol. The van der Waals surface area contributed by atoms with Crippen LogP contribution in [-0.4, -0.2) is 28.5 Å². The minimum absolute atomic E-state index is 0.217. The third kappa shape index (κ3) is 3.66. The molecule has 2 rings (SSSR count). The molecule has 2 heterocycles. The topological polar surface area (TPSA) is 81.2 Å². The maximum atomic E-state index is 12.2. The number of ether oxygens (including phenoxy) is 1. The molecule has 2 aromatic heterocycles. The van der Waals surface area contributed by atoms with Crippen LogP contribution >= 0.6 is 0 Å². The Morgan fingerprint density at radius 3 is 2.64 bits per heavy atom. The predicted octanol–water partition coefficient (Wildman–Crippen LogP) is 2.52. The molecule has 6 heteroatoms. The number of carbonyl (C=O) groups is 2. The number of esters is 1. The van der Waals surface area contributed by atoms with Gasteiger partial charge in [0.05, 0.1) is 17.9 Å². The third-order valence-electron chi connectivity index (χ3n) is 2.97. The molecule has 0 unspecified atom stereocenters. The first-order valence-corrected chi connectivity index (χ1v) is 6.90. The van der Waals surface area contributed by atoms with Crippen molar-refractivity contribution in [1.29, 1.82) is 0 Å². The summed E-state index contributed by atoms with van der Waals surface area (Å²) in [6.07, 6.45) is 1.62. The van der Waals surface area contributed by atoms with E-state index in [2.05, 4.69) is 15.3 Å². The van der Waals surface area contributed by atoms with E-state index in [0.29, 0.717) is 23.7 Å². The molecule has 0 aliphatic rings. The van der Waals surface area contributed by atoms with Crippen molar-refractivity contribution in [3.8, 4) is 0 Å². The number of nitrogens with zero attached hydrogens (tertiary/aromatic N) is 2. The van der Waals surface area contributed by atoms with Crippen molar-refractivity contribution in [2.45, 2.75) is 20.8 Å². The second kappa shape index (κ2) is 6.80. The van der Waals surface area contributed by atoms with Gasteiger partial charge in [-0.25, -0.2) is 14.8 Å². The summed E-state index contributed by atoms with van der Waals surface area (Å²) in [7, 11) is 0. The molecule has 0 aliphatic carbocycles. The second-order valence-electron chi connectivity index (χ2n) is 4.72. The Morgan fingerprint density at radius 2 is 2.00 bits per heavy atom. The number of amides is 1. The molecule has 1 amide bonds. The molecule has 0 atom stereocenters. The first-order valence-electron chi connectivity index (χ1n) is 6.90. The van der Waals surface area contributed by atoms with Gasteiger partial charge in [0.15, 0.2) is 0 Å². The normalized spacial score (nSPS) is 10.1. The fourth-order valence-corrected chi connectivity index (χ4v) is 1.90. The lowest BCUT2D eigenvalue weighted by atomic mass is 10.2. The van der Waals surface area contributed by atoms with Crippen LogP contribution < -0.4 is 5.32 Å². The van der Waals surface area contributed by atoms with E-state index < -0.39 is 5.97 Å². The molecule has 1 N–H and O–H groups in total. The number of pyridine rings is 2. The standard InChI is InChI=1S/C16H17N3O3/c1-4-22-16(21)12-5-6-13(18-11(12)3)15(20)19-14-9-10(2)7-8-17-14/h5-9H,4H2,1-3H3,(H,17,19,20). The van der Waals surface area contributed by atoms with Crippen molar-refractivity contribution >= 4 is 17.7 Å². The number of nitrogens with one attached hydrogen (secondary N) is 1. The molecule has 0 aromatic carbocycles. The Hall–Kier alpha value is -2.76. The van der Waals surface area contributed by atoms with Crippen LogP contribution in [0.4, 0.5) is 5.82 Å². The van der Waals surface area contributed by atoms with Crippen molar-refractivity contribution in [1.82, 2.24) is 9.97 Å². The van der Waals surface area contributed by atoms with Crippen LogP contribution in [0.15, 0.2) is 30.5 Å². The van der Waals surface area contributed by atoms with Crippen LogP contribution in [-0.2, 0) is 4.74 Å². The Kier molecular flexibility index (Phi) is 4.83. The Bertz CT molecular complexity index is 714. The molecule has 6 nitrogen and oxygen atoms in total. The third-order valence-corrected chi connectivity index (χ3v) is 2.97. The zero-order chi connectivity index (χ0) is 16.1. The average Bonchev–Trinajstić information content (AvgIpc) is 2.47. The number of hydrogen-bond donors (Lipinski definition) is 1. The average molecular weight is 299 g/mol. The number of hydrogen-bond acceptors (Lipinski definition) is 5. The Balaban J connectivity index is 2.17. The Labute approximate surface area is 128 Å². The zero-order valence-electron chi connectivity index (χ0n) is 12.7. The number of aromatic nitrogens is 2. The molecule has 2 aromatic rings. The van der Waals surface area contributed by atoms with Crippen LogP contribution in [0.1, 0.15) is 39.0 Å². The molecule has 0 spiro atoms. The maximum absolute atomic E-state index is 12.2. The van der Waals surface area contributed by atoms with Gasteiger partial charge in [-0.3, -0.25) is 4.79 Å². The van der Waals surface area contributed by atoms with E-state index in [0.717, 1.165) is 5.56 Å². The highest BCUT2D eigenvalue weighted by Gasteiger charge is 2.15. The van der Waals surface area contributed by atoms with Crippen LogP contribution in [0.25, 0.3) is 0 Å². The lowest BCUT2D eigenvalue weighted by Crippen LogP contribution is -2.16. The number of anilines is 1. The summed E-state index contributed by atoms with van der Waals surface area (Å²) < 4.78 is 4.93. The molecule has 0 fully saturated rings. The van der Waals surface area contributed by atoms with E-state index in [1.807, 2.05) is 13.0 Å². The van der Waals surface area contributed by atoms with Gasteiger partial charge in [0.25, 0.3) is 5.91 Å². The van der Waals surface area contributed by atoms with E-state index >= 15 is 0 Å². The quantitative estimate of drug-likeness (QED) is 0.877. The van der Waals surface area contributed by atoms with Gasteiger partial charge in [-0.05, 0) is 50.6 Å². The number of rotatable bonds is 4. The van der Waals surface area contributed by atoms with Gasteiger partial charge in [0.1, 0.15) is 11.5 Å². The van der Waals surface area contributed by atoms with Crippen LogP contribution in [0.5, 0.6) is 0 Å². The lowest BCUT2D eigenvalue weighted by Gasteiger charge is -2.08. The summed E-state index contributed by atoms with van der Waals surface area (Å²) in [5, 5.41) is 2.67. The van der Waals surface area contributed by atoms with Gasteiger partial charge in [-0.15, -0.1) is 0 Å². The minimum Gasteiger partial charge on any atom is -0.462 e. The van der Waals surface area contributed by atoms with Crippen molar-refractivity contribution in [3.63, 3.8) is 0 Å². The summed E-state index contributed by atoms with van der Waals surface area (Å²) in [5.74, 6) is -0.365. The molecular weight excluding hydrogens is 282 g/mol. The van der Waals surface area contributed by atoms with Gasteiger partial charge in [-0.1, -0.05) is 0 Å². The molecule has 0 radical (unpaired) electrons. The highest BCUT2D eigenvalue weighted by Crippen LogP contribution is 2.11. The zero-order valence-corrected chi connectivity index (χ0v) is 12.7. The highest BCUT2D eigenvalue weighted by molar-refractivity contribution is 6.03. The lowest BCUT2D eigenvalue weighted by molar-refractivity contribution is 0.0524. The molecule has 114 valence electrons.